The Balaban J connectivity index is 1.94. The van der Waals surface area contributed by atoms with Crippen LogP contribution < -0.4 is 5.73 Å². The SMILES string of the molecule is Nc1ccc(Br)cc1SCC1CCOC1. The largest absolute Gasteiger partial charge is 0.398 e. The van der Waals surface area contributed by atoms with Crippen molar-refractivity contribution in [1.82, 2.24) is 0 Å². The number of hydrogen-bond donors (Lipinski definition) is 1. The third-order valence-corrected chi connectivity index (χ3v) is 4.27. The summed E-state index contributed by atoms with van der Waals surface area (Å²) in [5, 5.41) is 0. The van der Waals surface area contributed by atoms with Gasteiger partial charge >= 0.3 is 0 Å². The van der Waals surface area contributed by atoms with Gasteiger partial charge in [-0.1, -0.05) is 15.9 Å². The summed E-state index contributed by atoms with van der Waals surface area (Å²) in [5.74, 6) is 1.79. The van der Waals surface area contributed by atoms with E-state index in [-0.39, 0.29) is 0 Å². The first kappa shape index (κ1) is 11.3. The lowest BCUT2D eigenvalue weighted by molar-refractivity contribution is 0.189. The minimum Gasteiger partial charge on any atom is -0.398 e. The molecule has 0 amide bonds. The fourth-order valence-corrected chi connectivity index (χ4v) is 3.19. The van der Waals surface area contributed by atoms with Crippen LogP contribution in [0.25, 0.3) is 0 Å². The number of anilines is 1. The molecule has 2 nitrogen and oxygen atoms in total. The van der Waals surface area contributed by atoms with Crippen molar-refractivity contribution in [2.24, 2.45) is 5.92 Å². The Morgan fingerprint density at radius 3 is 3.13 bits per heavy atom. The van der Waals surface area contributed by atoms with Gasteiger partial charge in [0.1, 0.15) is 0 Å². The Kier molecular flexibility index (Phi) is 3.94. The molecule has 0 saturated carbocycles. The molecule has 1 aromatic rings. The van der Waals surface area contributed by atoms with E-state index >= 15 is 0 Å². The van der Waals surface area contributed by atoms with Crippen LogP contribution in [-0.2, 0) is 4.74 Å². The second-order valence-corrected chi connectivity index (χ2v) is 5.70. The average Bonchev–Trinajstić information content (AvgIpc) is 2.72. The molecule has 1 aromatic carbocycles. The Bertz CT molecular complexity index is 339. The van der Waals surface area contributed by atoms with Gasteiger partial charge in [-0.15, -0.1) is 11.8 Å². The number of halogens is 1. The molecule has 1 unspecified atom stereocenters. The minimum absolute atomic E-state index is 0.688. The van der Waals surface area contributed by atoms with Crippen molar-refractivity contribution in [1.29, 1.82) is 0 Å². The van der Waals surface area contributed by atoms with E-state index < -0.39 is 0 Å². The van der Waals surface area contributed by atoms with Crippen LogP contribution in [0.1, 0.15) is 6.42 Å². The van der Waals surface area contributed by atoms with Gasteiger partial charge in [-0.25, -0.2) is 0 Å². The van der Waals surface area contributed by atoms with Crippen molar-refractivity contribution in [3.8, 4) is 0 Å². The summed E-state index contributed by atoms with van der Waals surface area (Å²) in [4.78, 5) is 1.16. The molecular formula is C11H14BrNOS. The van der Waals surface area contributed by atoms with Crippen molar-refractivity contribution >= 4 is 33.4 Å². The molecular weight excluding hydrogens is 274 g/mol. The number of rotatable bonds is 3. The predicted molar refractivity (Wildman–Crippen MR) is 68.2 cm³/mol. The predicted octanol–water partition coefficient (Wildman–Crippen LogP) is 3.16. The van der Waals surface area contributed by atoms with Crippen LogP contribution in [0.15, 0.2) is 27.6 Å². The summed E-state index contributed by atoms with van der Waals surface area (Å²) in [7, 11) is 0. The lowest BCUT2D eigenvalue weighted by Crippen LogP contribution is -2.02. The maximum absolute atomic E-state index is 5.90. The van der Waals surface area contributed by atoms with Gasteiger partial charge in [-0.2, -0.15) is 0 Å². The molecule has 1 aliphatic rings. The third kappa shape index (κ3) is 3.13. The summed E-state index contributed by atoms with van der Waals surface area (Å²) in [6, 6.07) is 5.99. The molecule has 0 bridgehead atoms. The van der Waals surface area contributed by atoms with Gasteiger partial charge in [-0.3, -0.25) is 0 Å². The molecule has 82 valence electrons. The second-order valence-electron chi connectivity index (χ2n) is 3.72. The first-order valence-corrected chi connectivity index (χ1v) is 6.79. The summed E-state index contributed by atoms with van der Waals surface area (Å²) in [5.41, 5.74) is 6.76. The smallest absolute Gasteiger partial charge is 0.0503 e. The highest BCUT2D eigenvalue weighted by Gasteiger charge is 2.16. The molecule has 0 radical (unpaired) electrons. The van der Waals surface area contributed by atoms with E-state index in [0.29, 0.717) is 5.92 Å². The van der Waals surface area contributed by atoms with Crippen LogP contribution in [-0.4, -0.2) is 19.0 Å². The van der Waals surface area contributed by atoms with Crippen LogP contribution in [0.5, 0.6) is 0 Å². The van der Waals surface area contributed by atoms with Crippen LogP contribution in [0.4, 0.5) is 5.69 Å². The summed E-state index contributed by atoms with van der Waals surface area (Å²) in [6.45, 7) is 1.82. The van der Waals surface area contributed by atoms with Gasteiger partial charge in [0.05, 0.1) is 6.61 Å². The highest BCUT2D eigenvalue weighted by molar-refractivity contribution is 9.10. The van der Waals surface area contributed by atoms with Crippen molar-refractivity contribution in [2.45, 2.75) is 11.3 Å². The molecule has 0 aromatic heterocycles. The Morgan fingerprint density at radius 2 is 2.40 bits per heavy atom. The quantitative estimate of drug-likeness (QED) is 0.685. The molecule has 1 saturated heterocycles. The number of nitrogen functional groups attached to an aromatic ring is 1. The highest BCUT2D eigenvalue weighted by atomic mass is 79.9. The van der Waals surface area contributed by atoms with Gasteiger partial charge in [0.2, 0.25) is 0 Å². The van der Waals surface area contributed by atoms with E-state index in [4.69, 9.17) is 10.5 Å². The number of ether oxygens (including phenoxy) is 1. The standard InChI is InChI=1S/C11H14BrNOS/c12-9-1-2-10(13)11(5-9)15-7-8-3-4-14-6-8/h1-2,5,8H,3-4,6-7,13H2. The lowest BCUT2D eigenvalue weighted by atomic mass is 10.2. The van der Waals surface area contributed by atoms with Crippen molar-refractivity contribution in [3.05, 3.63) is 22.7 Å². The van der Waals surface area contributed by atoms with Crippen molar-refractivity contribution in [2.75, 3.05) is 24.7 Å². The van der Waals surface area contributed by atoms with Gasteiger partial charge in [0, 0.05) is 27.4 Å². The normalized spacial score (nSPS) is 20.7. The molecule has 0 aliphatic carbocycles. The lowest BCUT2D eigenvalue weighted by Gasteiger charge is -2.09. The first-order valence-electron chi connectivity index (χ1n) is 5.01. The zero-order valence-corrected chi connectivity index (χ0v) is 10.8. The molecule has 2 rings (SSSR count). The molecule has 1 aliphatic heterocycles. The number of nitrogens with two attached hydrogens (primary N) is 1. The molecule has 1 fully saturated rings. The average molecular weight is 288 g/mol. The number of hydrogen-bond acceptors (Lipinski definition) is 3. The van der Waals surface area contributed by atoms with E-state index in [0.717, 1.165) is 34.0 Å². The fraction of sp³-hybridized carbons (Fsp3) is 0.455. The van der Waals surface area contributed by atoms with E-state index in [1.165, 1.54) is 6.42 Å². The van der Waals surface area contributed by atoms with E-state index in [9.17, 15) is 0 Å². The van der Waals surface area contributed by atoms with Gasteiger partial charge < -0.3 is 10.5 Å². The van der Waals surface area contributed by atoms with E-state index in [1.54, 1.807) is 0 Å². The number of benzene rings is 1. The molecule has 4 heteroatoms. The van der Waals surface area contributed by atoms with Crippen molar-refractivity contribution in [3.63, 3.8) is 0 Å². The summed E-state index contributed by atoms with van der Waals surface area (Å²) < 4.78 is 6.43. The Morgan fingerprint density at radius 1 is 1.53 bits per heavy atom. The topological polar surface area (TPSA) is 35.2 Å². The maximum atomic E-state index is 5.90. The maximum Gasteiger partial charge on any atom is 0.0503 e. The first-order chi connectivity index (χ1) is 7.25. The van der Waals surface area contributed by atoms with E-state index in [1.807, 2.05) is 23.9 Å². The molecule has 1 heterocycles. The zero-order valence-electron chi connectivity index (χ0n) is 8.41. The molecule has 2 N–H and O–H groups in total. The zero-order chi connectivity index (χ0) is 10.7. The monoisotopic (exact) mass is 287 g/mol. The Hall–Kier alpha value is -0.190. The van der Waals surface area contributed by atoms with Gasteiger partial charge in [0.25, 0.3) is 0 Å². The van der Waals surface area contributed by atoms with E-state index in [2.05, 4.69) is 22.0 Å². The highest BCUT2D eigenvalue weighted by Crippen LogP contribution is 2.31. The molecule has 15 heavy (non-hydrogen) atoms. The fourth-order valence-electron chi connectivity index (χ4n) is 1.56. The summed E-state index contributed by atoms with van der Waals surface area (Å²) in [6.07, 6.45) is 1.18. The molecule has 1 atom stereocenters. The second kappa shape index (κ2) is 5.23. The Labute approximate surface area is 103 Å². The van der Waals surface area contributed by atoms with Crippen molar-refractivity contribution < 1.29 is 4.74 Å². The minimum atomic E-state index is 0.688. The van der Waals surface area contributed by atoms with Gasteiger partial charge in [0.15, 0.2) is 0 Å². The summed E-state index contributed by atoms with van der Waals surface area (Å²) >= 11 is 5.28. The van der Waals surface area contributed by atoms with Crippen LogP contribution in [0, 0.1) is 5.92 Å². The third-order valence-electron chi connectivity index (χ3n) is 2.47. The molecule has 0 spiro atoms. The number of thioether (sulfide) groups is 1. The van der Waals surface area contributed by atoms with Crippen LogP contribution in [0.2, 0.25) is 0 Å². The van der Waals surface area contributed by atoms with Crippen LogP contribution >= 0.6 is 27.7 Å². The van der Waals surface area contributed by atoms with Crippen LogP contribution in [0.3, 0.4) is 0 Å². The van der Waals surface area contributed by atoms with Gasteiger partial charge in [-0.05, 0) is 30.5 Å².